The van der Waals surface area contributed by atoms with E-state index in [0.717, 1.165) is 45.2 Å². The minimum absolute atomic E-state index is 0.318. The normalized spacial score (nSPS) is 12.7. The van der Waals surface area contributed by atoms with E-state index in [0.29, 0.717) is 5.41 Å². The summed E-state index contributed by atoms with van der Waals surface area (Å²) in [5.41, 5.74) is 0.318. The van der Waals surface area contributed by atoms with Gasteiger partial charge in [0.1, 0.15) is 0 Å². The molecule has 0 rings (SSSR count). The molecule has 0 saturated heterocycles. The molecular weight excluding hydrogens is 212 g/mol. The summed E-state index contributed by atoms with van der Waals surface area (Å²) in [4.78, 5) is 2.46. The Kier molecular flexibility index (Phi) is 8.83. The fraction of sp³-hybridized carbons (Fsp3) is 1.00. The second-order valence-corrected chi connectivity index (χ2v) is 6.05. The maximum atomic E-state index is 5.14. The standard InChI is InChI=1S/C14H32N2O/c1-7-16(8-9-17-6)12-14(4,5)11-15-10-13(2)3/h13,15H,7-12H2,1-6H3. The highest BCUT2D eigenvalue weighted by molar-refractivity contribution is 4.76. The summed E-state index contributed by atoms with van der Waals surface area (Å²) in [6, 6.07) is 0. The third-order valence-corrected chi connectivity index (χ3v) is 2.87. The highest BCUT2D eigenvalue weighted by Gasteiger charge is 2.20. The zero-order valence-electron chi connectivity index (χ0n) is 12.7. The molecule has 0 aromatic rings. The topological polar surface area (TPSA) is 24.5 Å². The number of methoxy groups -OCH3 is 1. The molecule has 0 saturated carbocycles. The monoisotopic (exact) mass is 244 g/mol. The molecule has 17 heavy (non-hydrogen) atoms. The number of ether oxygens (including phenoxy) is 1. The van der Waals surface area contributed by atoms with Crippen molar-refractivity contribution in [3.05, 3.63) is 0 Å². The Labute approximate surface area is 108 Å². The predicted octanol–water partition coefficient (Wildman–Crippen LogP) is 2.23. The van der Waals surface area contributed by atoms with Gasteiger partial charge in [-0.1, -0.05) is 34.6 Å². The first-order valence-corrected chi connectivity index (χ1v) is 6.83. The van der Waals surface area contributed by atoms with Crippen molar-refractivity contribution in [1.29, 1.82) is 0 Å². The van der Waals surface area contributed by atoms with Gasteiger partial charge in [0.2, 0.25) is 0 Å². The van der Waals surface area contributed by atoms with Crippen LogP contribution < -0.4 is 5.32 Å². The molecule has 104 valence electrons. The fourth-order valence-electron chi connectivity index (χ4n) is 1.93. The lowest BCUT2D eigenvalue weighted by Gasteiger charge is -2.32. The van der Waals surface area contributed by atoms with Crippen molar-refractivity contribution in [2.45, 2.75) is 34.6 Å². The number of rotatable bonds is 10. The Bertz CT molecular complexity index is 181. The fourth-order valence-corrected chi connectivity index (χ4v) is 1.93. The van der Waals surface area contributed by atoms with Crippen molar-refractivity contribution in [3.63, 3.8) is 0 Å². The maximum Gasteiger partial charge on any atom is 0.0589 e. The van der Waals surface area contributed by atoms with E-state index in [1.807, 2.05) is 0 Å². The van der Waals surface area contributed by atoms with Crippen LogP contribution >= 0.6 is 0 Å². The van der Waals surface area contributed by atoms with Gasteiger partial charge in [-0.2, -0.15) is 0 Å². The van der Waals surface area contributed by atoms with Crippen molar-refractivity contribution in [2.24, 2.45) is 11.3 Å². The molecule has 0 aromatic carbocycles. The van der Waals surface area contributed by atoms with Gasteiger partial charge in [-0.05, 0) is 24.4 Å². The first kappa shape index (κ1) is 16.9. The van der Waals surface area contributed by atoms with E-state index in [1.165, 1.54) is 0 Å². The number of hydrogen-bond acceptors (Lipinski definition) is 3. The van der Waals surface area contributed by atoms with Gasteiger partial charge in [0, 0.05) is 26.7 Å². The van der Waals surface area contributed by atoms with E-state index in [2.05, 4.69) is 44.8 Å². The number of likely N-dealkylation sites (N-methyl/N-ethyl adjacent to an activating group) is 1. The van der Waals surface area contributed by atoms with Crippen molar-refractivity contribution < 1.29 is 4.74 Å². The molecule has 0 aromatic heterocycles. The second kappa shape index (κ2) is 8.90. The molecule has 3 nitrogen and oxygen atoms in total. The van der Waals surface area contributed by atoms with Gasteiger partial charge < -0.3 is 15.0 Å². The first-order valence-electron chi connectivity index (χ1n) is 6.83. The Morgan fingerprint density at radius 3 is 2.41 bits per heavy atom. The molecule has 0 aliphatic rings. The van der Waals surface area contributed by atoms with Gasteiger partial charge in [-0.3, -0.25) is 0 Å². The van der Waals surface area contributed by atoms with E-state index in [9.17, 15) is 0 Å². The van der Waals surface area contributed by atoms with Gasteiger partial charge in [0.25, 0.3) is 0 Å². The van der Waals surface area contributed by atoms with Crippen molar-refractivity contribution in [3.8, 4) is 0 Å². The summed E-state index contributed by atoms with van der Waals surface area (Å²) in [6.45, 7) is 17.6. The van der Waals surface area contributed by atoms with Crippen LogP contribution in [0.1, 0.15) is 34.6 Å². The van der Waals surface area contributed by atoms with Crippen LogP contribution in [-0.2, 0) is 4.74 Å². The molecule has 0 atom stereocenters. The minimum atomic E-state index is 0.318. The molecule has 3 heteroatoms. The SMILES string of the molecule is CCN(CCOC)CC(C)(C)CNCC(C)C. The molecule has 0 unspecified atom stereocenters. The van der Waals surface area contributed by atoms with Crippen LogP contribution in [0.2, 0.25) is 0 Å². The van der Waals surface area contributed by atoms with E-state index >= 15 is 0 Å². The predicted molar refractivity (Wildman–Crippen MR) is 75.5 cm³/mol. The Morgan fingerprint density at radius 1 is 1.29 bits per heavy atom. The summed E-state index contributed by atoms with van der Waals surface area (Å²) < 4.78 is 5.14. The number of hydrogen-bond donors (Lipinski definition) is 1. The third-order valence-electron chi connectivity index (χ3n) is 2.87. The summed E-state index contributed by atoms with van der Waals surface area (Å²) >= 11 is 0. The molecule has 0 heterocycles. The van der Waals surface area contributed by atoms with Gasteiger partial charge in [-0.25, -0.2) is 0 Å². The highest BCUT2D eigenvalue weighted by Crippen LogP contribution is 2.15. The number of nitrogens with zero attached hydrogens (tertiary/aromatic N) is 1. The second-order valence-electron chi connectivity index (χ2n) is 6.05. The molecule has 0 amide bonds. The Hall–Kier alpha value is -0.120. The highest BCUT2D eigenvalue weighted by atomic mass is 16.5. The summed E-state index contributed by atoms with van der Waals surface area (Å²) in [6.07, 6.45) is 0. The van der Waals surface area contributed by atoms with Crippen molar-refractivity contribution in [1.82, 2.24) is 10.2 Å². The van der Waals surface area contributed by atoms with Crippen LogP contribution in [0, 0.1) is 11.3 Å². The lowest BCUT2D eigenvalue weighted by atomic mass is 9.92. The van der Waals surface area contributed by atoms with E-state index in [-0.39, 0.29) is 0 Å². The van der Waals surface area contributed by atoms with E-state index in [4.69, 9.17) is 4.74 Å². The van der Waals surface area contributed by atoms with Crippen LogP contribution in [0.5, 0.6) is 0 Å². The van der Waals surface area contributed by atoms with E-state index < -0.39 is 0 Å². The summed E-state index contributed by atoms with van der Waals surface area (Å²) in [5, 5.41) is 3.55. The maximum absolute atomic E-state index is 5.14. The molecule has 0 fully saturated rings. The van der Waals surface area contributed by atoms with Gasteiger partial charge in [0.05, 0.1) is 6.61 Å². The minimum Gasteiger partial charge on any atom is -0.383 e. The lowest BCUT2D eigenvalue weighted by molar-refractivity contribution is 0.121. The van der Waals surface area contributed by atoms with Crippen molar-refractivity contribution >= 4 is 0 Å². The van der Waals surface area contributed by atoms with Crippen LogP contribution in [-0.4, -0.2) is 51.3 Å². The number of nitrogens with one attached hydrogen (secondary N) is 1. The smallest absolute Gasteiger partial charge is 0.0589 e. The van der Waals surface area contributed by atoms with E-state index in [1.54, 1.807) is 7.11 Å². The quantitative estimate of drug-likeness (QED) is 0.638. The van der Waals surface area contributed by atoms with Gasteiger partial charge in [-0.15, -0.1) is 0 Å². The molecular formula is C14H32N2O. The van der Waals surface area contributed by atoms with Crippen molar-refractivity contribution in [2.75, 3.05) is 46.4 Å². The zero-order valence-corrected chi connectivity index (χ0v) is 12.7. The Balaban J connectivity index is 3.93. The summed E-state index contributed by atoms with van der Waals surface area (Å²) in [5.74, 6) is 0.724. The average molecular weight is 244 g/mol. The molecule has 1 N–H and O–H groups in total. The lowest BCUT2D eigenvalue weighted by Crippen LogP contribution is -2.42. The van der Waals surface area contributed by atoms with Crippen LogP contribution in [0.4, 0.5) is 0 Å². The largest absolute Gasteiger partial charge is 0.383 e. The van der Waals surface area contributed by atoms with Crippen LogP contribution in [0.25, 0.3) is 0 Å². The third kappa shape index (κ3) is 9.57. The zero-order chi connectivity index (χ0) is 13.3. The molecule has 0 spiro atoms. The molecule has 0 bridgehead atoms. The van der Waals surface area contributed by atoms with Gasteiger partial charge in [0.15, 0.2) is 0 Å². The molecule has 0 aliphatic carbocycles. The van der Waals surface area contributed by atoms with Crippen LogP contribution in [0.3, 0.4) is 0 Å². The van der Waals surface area contributed by atoms with Gasteiger partial charge >= 0.3 is 0 Å². The average Bonchev–Trinajstić information content (AvgIpc) is 2.23. The van der Waals surface area contributed by atoms with Crippen LogP contribution in [0.15, 0.2) is 0 Å². The molecule has 0 radical (unpaired) electrons. The Morgan fingerprint density at radius 2 is 1.94 bits per heavy atom. The summed E-state index contributed by atoms with van der Waals surface area (Å²) in [7, 11) is 1.77. The first-order chi connectivity index (χ1) is 7.91. The molecule has 0 aliphatic heterocycles.